The van der Waals surface area contributed by atoms with E-state index >= 15 is 0 Å². The summed E-state index contributed by atoms with van der Waals surface area (Å²) < 4.78 is 39.1. The van der Waals surface area contributed by atoms with Gasteiger partial charge in [-0.05, 0) is 70.3 Å². The zero-order chi connectivity index (χ0) is 15.5. The first-order valence-corrected chi connectivity index (χ1v) is 8.10. The van der Waals surface area contributed by atoms with Gasteiger partial charge in [0.2, 0.25) is 0 Å². The Kier molecular flexibility index (Phi) is 3.12. The molecule has 2 bridgehead atoms. The van der Waals surface area contributed by atoms with Crippen molar-refractivity contribution in [3.63, 3.8) is 0 Å². The number of alkyl halides is 3. The Morgan fingerprint density at radius 2 is 1.77 bits per heavy atom. The topological polar surface area (TPSA) is 12.9 Å². The average molecular weight is 368 g/mol. The lowest BCUT2D eigenvalue weighted by atomic mass is 9.90. The number of hydrogen-bond donors (Lipinski definition) is 0. The molecule has 2 aromatic rings. The molecule has 1 fully saturated rings. The lowest BCUT2D eigenvalue weighted by Crippen LogP contribution is -2.07. The highest BCUT2D eigenvalue weighted by atomic mass is 79.9. The summed E-state index contributed by atoms with van der Waals surface area (Å²) in [4.78, 5) is 4.16. The van der Waals surface area contributed by atoms with Gasteiger partial charge in [-0.25, -0.2) is 0 Å². The molecule has 22 heavy (non-hydrogen) atoms. The Bertz CT molecular complexity index is 754. The predicted octanol–water partition coefficient (Wildman–Crippen LogP) is 5.89. The van der Waals surface area contributed by atoms with Crippen molar-refractivity contribution < 1.29 is 13.2 Å². The van der Waals surface area contributed by atoms with Gasteiger partial charge < -0.3 is 0 Å². The Morgan fingerprint density at radius 1 is 1.05 bits per heavy atom. The summed E-state index contributed by atoms with van der Waals surface area (Å²) in [7, 11) is 0. The van der Waals surface area contributed by atoms with Gasteiger partial charge in [0.05, 0.1) is 11.3 Å². The van der Waals surface area contributed by atoms with Gasteiger partial charge in [0.15, 0.2) is 0 Å². The van der Waals surface area contributed by atoms with Crippen molar-refractivity contribution in [1.29, 1.82) is 0 Å². The molecule has 1 aromatic carbocycles. The summed E-state index contributed by atoms with van der Waals surface area (Å²) in [6.07, 6.45) is 0.485. The van der Waals surface area contributed by atoms with E-state index in [1.807, 2.05) is 12.1 Å². The van der Waals surface area contributed by atoms with Gasteiger partial charge in [0, 0.05) is 16.2 Å². The largest absolute Gasteiger partial charge is 0.417 e. The van der Waals surface area contributed by atoms with E-state index in [0.717, 1.165) is 11.6 Å². The first-order valence-electron chi connectivity index (χ1n) is 7.30. The van der Waals surface area contributed by atoms with Gasteiger partial charge in [-0.2, -0.15) is 13.2 Å². The molecule has 1 aromatic heterocycles. The van der Waals surface area contributed by atoms with E-state index in [2.05, 4.69) is 27.0 Å². The van der Waals surface area contributed by atoms with Crippen LogP contribution in [0.4, 0.5) is 13.2 Å². The van der Waals surface area contributed by atoms with E-state index in [4.69, 9.17) is 0 Å². The third-order valence-electron chi connectivity index (χ3n) is 4.86. The van der Waals surface area contributed by atoms with Crippen LogP contribution >= 0.6 is 15.9 Å². The lowest BCUT2D eigenvalue weighted by molar-refractivity contribution is -0.138. The fraction of sp³-hybridized carbons (Fsp3) is 0.353. The van der Waals surface area contributed by atoms with Gasteiger partial charge >= 0.3 is 6.18 Å². The summed E-state index contributed by atoms with van der Waals surface area (Å²) in [5.41, 5.74) is 3.16. The van der Waals surface area contributed by atoms with E-state index < -0.39 is 11.7 Å². The molecular formula is C17H13BrF3N. The lowest BCUT2D eigenvalue weighted by Gasteiger charge is -2.16. The number of aromatic nitrogens is 1. The molecule has 2 aliphatic rings. The summed E-state index contributed by atoms with van der Waals surface area (Å²) in [5.74, 6) is 1.23. The Labute approximate surface area is 134 Å². The normalized spacial score (nSPS) is 22.9. The van der Waals surface area contributed by atoms with Crippen molar-refractivity contribution in [3.8, 4) is 11.3 Å². The second kappa shape index (κ2) is 4.82. The van der Waals surface area contributed by atoms with Gasteiger partial charge in [-0.15, -0.1) is 0 Å². The van der Waals surface area contributed by atoms with Crippen LogP contribution in [-0.2, 0) is 6.18 Å². The second-order valence-corrected chi connectivity index (χ2v) is 6.95. The monoisotopic (exact) mass is 367 g/mol. The van der Waals surface area contributed by atoms with Crippen LogP contribution in [0.3, 0.4) is 0 Å². The van der Waals surface area contributed by atoms with E-state index in [1.54, 1.807) is 0 Å². The molecule has 0 N–H and O–H groups in total. The van der Waals surface area contributed by atoms with Crippen LogP contribution in [0.2, 0.25) is 0 Å². The second-order valence-electron chi connectivity index (χ2n) is 6.10. The average Bonchev–Trinajstić information content (AvgIpc) is 3.08. The highest BCUT2D eigenvalue weighted by Gasteiger charge is 2.37. The number of benzene rings is 1. The van der Waals surface area contributed by atoms with Gasteiger partial charge in [-0.1, -0.05) is 12.1 Å². The molecule has 2 atom stereocenters. The van der Waals surface area contributed by atoms with E-state index in [9.17, 15) is 13.2 Å². The van der Waals surface area contributed by atoms with Crippen molar-refractivity contribution in [2.45, 2.75) is 37.3 Å². The molecule has 0 saturated heterocycles. The number of pyridine rings is 1. The molecule has 1 saturated carbocycles. The van der Waals surface area contributed by atoms with Crippen molar-refractivity contribution in [1.82, 2.24) is 4.98 Å². The summed E-state index contributed by atoms with van der Waals surface area (Å²) in [5, 5.41) is 0. The number of halogens is 4. The fourth-order valence-corrected chi connectivity index (χ4v) is 4.26. The van der Waals surface area contributed by atoms with Crippen molar-refractivity contribution in [3.05, 3.63) is 51.6 Å². The zero-order valence-electron chi connectivity index (χ0n) is 11.6. The summed E-state index contributed by atoms with van der Waals surface area (Å²) in [6, 6.07) is 7.13. The number of nitrogens with zero attached hydrogens (tertiary/aromatic N) is 1. The molecule has 2 aliphatic carbocycles. The first-order chi connectivity index (χ1) is 10.4. The molecule has 5 heteroatoms. The molecule has 4 rings (SSSR count). The van der Waals surface area contributed by atoms with Crippen molar-refractivity contribution in [2.75, 3.05) is 0 Å². The third kappa shape index (κ3) is 2.18. The van der Waals surface area contributed by atoms with Gasteiger partial charge in [0.1, 0.15) is 0 Å². The molecule has 2 unspecified atom stereocenters. The van der Waals surface area contributed by atoms with Crippen LogP contribution in [0.5, 0.6) is 0 Å². The highest BCUT2D eigenvalue weighted by molar-refractivity contribution is 9.10. The number of hydrogen-bond acceptors (Lipinski definition) is 1. The fourth-order valence-electron chi connectivity index (χ4n) is 3.82. The van der Waals surface area contributed by atoms with Crippen LogP contribution in [-0.4, -0.2) is 4.98 Å². The first kappa shape index (κ1) is 14.2. The Balaban J connectivity index is 1.79. The molecule has 0 aliphatic heterocycles. The summed E-state index contributed by atoms with van der Waals surface area (Å²) >= 11 is 2.93. The van der Waals surface area contributed by atoms with Crippen LogP contribution in [0, 0.1) is 0 Å². The van der Waals surface area contributed by atoms with E-state index in [1.165, 1.54) is 36.6 Å². The number of fused-ring (bicyclic) bond motifs is 5. The molecule has 0 amide bonds. The molecule has 0 spiro atoms. The highest BCUT2D eigenvalue weighted by Crippen LogP contribution is 2.53. The minimum atomic E-state index is -4.38. The Hall–Kier alpha value is -1.36. The maximum Gasteiger partial charge on any atom is 0.417 e. The SMILES string of the molecule is FC(F)(F)c1cc(-c2ccc3c(c2)C2CCC3C2)ncc1Br. The third-order valence-corrected chi connectivity index (χ3v) is 5.49. The molecular weight excluding hydrogens is 355 g/mol. The molecule has 1 heterocycles. The molecule has 1 nitrogen and oxygen atoms in total. The van der Waals surface area contributed by atoms with Crippen LogP contribution in [0.15, 0.2) is 34.9 Å². The van der Waals surface area contributed by atoms with Crippen LogP contribution < -0.4 is 0 Å². The molecule has 114 valence electrons. The maximum absolute atomic E-state index is 13.0. The van der Waals surface area contributed by atoms with Gasteiger partial charge in [-0.3, -0.25) is 4.98 Å². The van der Waals surface area contributed by atoms with E-state index in [-0.39, 0.29) is 4.47 Å². The summed E-state index contributed by atoms with van der Waals surface area (Å²) in [6.45, 7) is 0. The maximum atomic E-state index is 13.0. The zero-order valence-corrected chi connectivity index (χ0v) is 13.2. The number of rotatable bonds is 1. The van der Waals surface area contributed by atoms with E-state index in [0.29, 0.717) is 17.5 Å². The van der Waals surface area contributed by atoms with Gasteiger partial charge in [0.25, 0.3) is 0 Å². The van der Waals surface area contributed by atoms with Crippen LogP contribution in [0.25, 0.3) is 11.3 Å². The smallest absolute Gasteiger partial charge is 0.255 e. The van der Waals surface area contributed by atoms with Crippen LogP contribution in [0.1, 0.15) is 47.8 Å². The van der Waals surface area contributed by atoms with Crippen molar-refractivity contribution in [2.24, 2.45) is 0 Å². The standard InChI is InChI=1S/C17H13BrF3N/c18-15-8-22-16(7-14(15)17(19,20)21)11-3-4-12-9-1-2-10(5-9)13(12)6-11/h3-4,6-10H,1-2,5H2. The quantitative estimate of drug-likeness (QED) is 0.611. The Morgan fingerprint density at radius 3 is 2.50 bits per heavy atom. The van der Waals surface area contributed by atoms with Crippen molar-refractivity contribution >= 4 is 15.9 Å². The predicted molar refractivity (Wildman–Crippen MR) is 81.7 cm³/mol. The minimum Gasteiger partial charge on any atom is -0.255 e. The molecule has 0 radical (unpaired) electrons. The minimum absolute atomic E-state index is 0.0241.